The van der Waals surface area contributed by atoms with Gasteiger partial charge in [0.25, 0.3) is 0 Å². The molecule has 3 unspecified atom stereocenters. The molecule has 1 fully saturated rings. The third-order valence-corrected chi connectivity index (χ3v) is 4.63. The highest BCUT2D eigenvalue weighted by atomic mass is 15.1. The lowest BCUT2D eigenvalue weighted by atomic mass is 9.82. The van der Waals surface area contributed by atoms with Crippen LogP contribution in [0.1, 0.15) is 73.1 Å². The summed E-state index contributed by atoms with van der Waals surface area (Å²) in [4.78, 5) is 0. The molecule has 0 aromatic carbocycles. The highest BCUT2D eigenvalue weighted by Gasteiger charge is 2.26. The molecule has 3 atom stereocenters. The molecule has 1 rings (SSSR count). The highest BCUT2D eigenvalue weighted by Crippen LogP contribution is 2.28. The molecule has 0 spiro atoms. The van der Waals surface area contributed by atoms with Crippen LogP contribution in [-0.2, 0) is 0 Å². The Morgan fingerprint density at radius 2 is 1.95 bits per heavy atom. The van der Waals surface area contributed by atoms with Gasteiger partial charge in [-0.05, 0) is 43.1 Å². The fraction of sp³-hybridized carbons (Fsp3) is 1.00. The Bertz CT molecular complexity index is 237. The molecule has 0 saturated carbocycles. The molecule has 1 saturated heterocycles. The number of rotatable bonds is 5. The zero-order chi connectivity index (χ0) is 14.3. The minimum absolute atomic E-state index is 0.423. The molecule has 1 heterocycles. The van der Waals surface area contributed by atoms with Crippen LogP contribution >= 0.6 is 0 Å². The lowest BCUT2D eigenvalue weighted by Crippen LogP contribution is -2.50. The molecule has 1 aliphatic heterocycles. The van der Waals surface area contributed by atoms with Gasteiger partial charge in [-0.2, -0.15) is 0 Å². The Labute approximate surface area is 121 Å². The Kier molecular flexibility index (Phi) is 7.38. The standard InChI is InChI=1S/C17H36N2/c1-6-8-9-15(7-2)16-18-11-10-14(3)12-17(4,5)13-19-16/h14-16,18-19H,6-13H2,1-5H3. The van der Waals surface area contributed by atoms with Gasteiger partial charge in [0.1, 0.15) is 0 Å². The summed E-state index contributed by atoms with van der Waals surface area (Å²) in [6.45, 7) is 14.1. The quantitative estimate of drug-likeness (QED) is 0.782. The topological polar surface area (TPSA) is 24.1 Å². The summed E-state index contributed by atoms with van der Waals surface area (Å²) >= 11 is 0. The monoisotopic (exact) mass is 268 g/mol. The van der Waals surface area contributed by atoms with E-state index in [1.807, 2.05) is 0 Å². The third-order valence-electron chi connectivity index (χ3n) is 4.63. The lowest BCUT2D eigenvalue weighted by molar-refractivity contribution is 0.229. The first-order valence-electron chi connectivity index (χ1n) is 8.45. The van der Waals surface area contributed by atoms with Crippen LogP contribution in [0.15, 0.2) is 0 Å². The molecule has 19 heavy (non-hydrogen) atoms. The molecule has 0 aromatic rings. The van der Waals surface area contributed by atoms with E-state index in [0.717, 1.165) is 24.9 Å². The SMILES string of the molecule is CCCCC(CC)C1NCCC(C)CC(C)(C)CN1. The van der Waals surface area contributed by atoms with Crippen molar-refractivity contribution in [2.75, 3.05) is 13.1 Å². The maximum atomic E-state index is 3.82. The van der Waals surface area contributed by atoms with Crippen LogP contribution < -0.4 is 10.6 Å². The van der Waals surface area contributed by atoms with Crippen LogP contribution in [0.25, 0.3) is 0 Å². The number of hydrogen-bond acceptors (Lipinski definition) is 2. The maximum absolute atomic E-state index is 3.82. The van der Waals surface area contributed by atoms with Gasteiger partial charge < -0.3 is 10.6 Å². The second-order valence-electron chi connectivity index (χ2n) is 7.39. The average Bonchev–Trinajstić information content (AvgIpc) is 2.40. The second kappa shape index (κ2) is 8.26. The number of nitrogens with one attached hydrogen (secondary N) is 2. The molecule has 1 aliphatic rings. The predicted octanol–water partition coefficient (Wildman–Crippen LogP) is 4.16. The van der Waals surface area contributed by atoms with Gasteiger partial charge in [0.2, 0.25) is 0 Å². The van der Waals surface area contributed by atoms with Gasteiger partial charge >= 0.3 is 0 Å². The molecule has 0 radical (unpaired) electrons. The van der Waals surface area contributed by atoms with Crippen LogP contribution in [-0.4, -0.2) is 19.3 Å². The second-order valence-corrected chi connectivity index (χ2v) is 7.39. The van der Waals surface area contributed by atoms with Gasteiger partial charge in [-0.1, -0.05) is 53.9 Å². The summed E-state index contributed by atoms with van der Waals surface area (Å²) in [7, 11) is 0. The largest absolute Gasteiger partial charge is 0.302 e. The minimum atomic E-state index is 0.423. The van der Waals surface area contributed by atoms with Crippen LogP contribution in [0.3, 0.4) is 0 Å². The molecule has 2 N–H and O–H groups in total. The van der Waals surface area contributed by atoms with Crippen molar-refractivity contribution in [1.82, 2.24) is 10.6 Å². The number of hydrogen-bond donors (Lipinski definition) is 2. The van der Waals surface area contributed by atoms with Gasteiger partial charge in [-0.3, -0.25) is 0 Å². The van der Waals surface area contributed by atoms with Crippen molar-refractivity contribution in [3.63, 3.8) is 0 Å². The van der Waals surface area contributed by atoms with Crippen molar-refractivity contribution in [2.45, 2.75) is 79.3 Å². The van der Waals surface area contributed by atoms with Gasteiger partial charge in [0.15, 0.2) is 0 Å². The molecule has 2 nitrogen and oxygen atoms in total. The predicted molar refractivity (Wildman–Crippen MR) is 85.3 cm³/mol. The molecule has 114 valence electrons. The van der Waals surface area contributed by atoms with E-state index >= 15 is 0 Å². The first-order chi connectivity index (χ1) is 8.98. The Hall–Kier alpha value is -0.0800. The van der Waals surface area contributed by atoms with Crippen LogP contribution in [0, 0.1) is 17.3 Å². The van der Waals surface area contributed by atoms with Crippen LogP contribution in [0.2, 0.25) is 0 Å². The van der Waals surface area contributed by atoms with Gasteiger partial charge in [0, 0.05) is 6.54 Å². The summed E-state index contributed by atoms with van der Waals surface area (Å²) in [6.07, 6.45) is 8.46. The van der Waals surface area contributed by atoms with Crippen LogP contribution in [0.5, 0.6) is 0 Å². The lowest BCUT2D eigenvalue weighted by Gasteiger charge is -2.32. The first-order valence-corrected chi connectivity index (χ1v) is 8.45. The van der Waals surface area contributed by atoms with E-state index in [-0.39, 0.29) is 0 Å². The third kappa shape index (κ3) is 6.27. The van der Waals surface area contributed by atoms with Crippen molar-refractivity contribution in [2.24, 2.45) is 17.3 Å². The molecule has 0 amide bonds. The van der Waals surface area contributed by atoms with Gasteiger partial charge in [-0.25, -0.2) is 0 Å². The molecule has 0 aliphatic carbocycles. The van der Waals surface area contributed by atoms with Crippen molar-refractivity contribution < 1.29 is 0 Å². The van der Waals surface area contributed by atoms with E-state index in [1.54, 1.807) is 0 Å². The van der Waals surface area contributed by atoms with E-state index in [0.29, 0.717) is 11.6 Å². The van der Waals surface area contributed by atoms with E-state index in [2.05, 4.69) is 45.3 Å². The fourth-order valence-corrected chi connectivity index (χ4v) is 3.47. The van der Waals surface area contributed by atoms with Gasteiger partial charge in [-0.15, -0.1) is 0 Å². The van der Waals surface area contributed by atoms with E-state index < -0.39 is 0 Å². The molecular formula is C17H36N2. The Balaban J connectivity index is 2.60. The Morgan fingerprint density at radius 3 is 2.58 bits per heavy atom. The van der Waals surface area contributed by atoms with E-state index in [1.165, 1.54) is 38.5 Å². The summed E-state index contributed by atoms with van der Waals surface area (Å²) in [5.41, 5.74) is 0.423. The molecular weight excluding hydrogens is 232 g/mol. The Morgan fingerprint density at radius 1 is 1.21 bits per heavy atom. The molecule has 0 bridgehead atoms. The fourth-order valence-electron chi connectivity index (χ4n) is 3.47. The van der Waals surface area contributed by atoms with Crippen molar-refractivity contribution in [3.05, 3.63) is 0 Å². The zero-order valence-corrected chi connectivity index (χ0v) is 13.9. The van der Waals surface area contributed by atoms with Crippen molar-refractivity contribution >= 4 is 0 Å². The first kappa shape index (κ1) is 17.0. The molecule has 0 aromatic heterocycles. The van der Waals surface area contributed by atoms with E-state index in [4.69, 9.17) is 0 Å². The maximum Gasteiger partial charge on any atom is 0.0600 e. The molecule has 2 heteroatoms. The smallest absolute Gasteiger partial charge is 0.0600 e. The normalized spacial score (nSPS) is 30.2. The zero-order valence-electron chi connectivity index (χ0n) is 13.9. The number of unbranched alkanes of at least 4 members (excludes halogenated alkanes) is 1. The minimum Gasteiger partial charge on any atom is -0.302 e. The summed E-state index contributed by atoms with van der Waals surface area (Å²) < 4.78 is 0. The van der Waals surface area contributed by atoms with E-state index in [9.17, 15) is 0 Å². The summed E-state index contributed by atoms with van der Waals surface area (Å²) in [5.74, 6) is 1.61. The summed E-state index contributed by atoms with van der Waals surface area (Å²) in [5, 5.41) is 7.60. The summed E-state index contributed by atoms with van der Waals surface area (Å²) in [6, 6.07) is 0. The average molecular weight is 268 g/mol. The van der Waals surface area contributed by atoms with Crippen LogP contribution in [0.4, 0.5) is 0 Å². The van der Waals surface area contributed by atoms with Gasteiger partial charge in [0.05, 0.1) is 6.17 Å². The highest BCUT2D eigenvalue weighted by molar-refractivity contribution is 4.82. The van der Waals surface area contributed by atoms with Crippen molar-refractivity contribution in [3.8, 4) is 0 Å². The van der Waals surface area contributed by atoms with Crippen molar-refractivity contribution in [1.29, 1.82) is 0 Å².